The van der Waals surface area contributed by atoms with E-state index in [0.29, 0.717) is 24.7 Å². The number of hydrogen-bond donors (Lipinski definition) is 3. The molecule has 5 heteroatoms. The van der Waals surface area contributed by atoms with Crippen LogP contribution in [-0.4, -0.2) is 45.7 Å². The molecular formula is C21H30O5. The summed E-state index contributed by atoms with van der Waals surface area (Å²) in [5.74, 6) is 0.616. The number of carbonyl (C=O) groups is 2. The Hall–Kier alpha value is -1.04. The molecule has 0 saturated heterocycles. The molecule has 6 atom stereocenters. The summed E-state index contributed by atoms with van der Waals surface area (Å²) in [5.41, 5.74) is -1.10. The molecule has 3 N–H and O–H groups in total. The van der Waals surface area contributed by atoms with Gasteiger partial charge in [-0.1, -0.05) is 12.5 Å². The van der Waals surface area contributed by atoms with Crippen LogP contribution in [0.25, 0.3) is 0 Å². The second kappa shape index (κ2) is 5.98. The molecule has 0 bridgehead atoms. The summed E-state index contributed by atoms with van der Waals surface area (Å²) in [6.45, 7) is 1.49. The lowest BCUT2D eigenvalue weighted by molar-refractivity contribution is -0.166. The first kappa shape index (κ1) is 18.3. The second-order valence-corrected chi connectivity index (χ2v) is 9.30. The Kier molecular flexibility index (Phi) is 4.22. The van der Waals surface area contributed by atoms with E-state index in [0.717, 1.165) is 44.1 Å². The summed E-state index contributed by atoms with van der Waals surface area (Å²) in [5, 5.41) is 30.9. The van der Waals surface area contributed by atoms with Crippen LogP contribution in [0.2, 0.25) is 0 Å². The van der Waals surface area contributed by atoms with E-state index in [-0.39, 0.29) is 23.7 Å². The highest BCUT2D eigenvalue weighted by molar-refractivity contribution is 5.92. The van der Waals surface area contributed by atoms with Gasteiger partial charge in [0.1, 0.15) is 12.2 Å². The van der Waals surface area contributed by atoms with Gasteiger partial charge < -0.3 is 15.3 Å². The van der Waals surface area contributed by atoms with Crippen molar-refractivity contribution in [1.82, 2.24) is 0 Å². The topological polar surface area (TPSA) is 94.8 Å². The van der Waals surface area contributed by atoms with E-state index in [1.807, 2.05) is 6.92 Å². The Morgan fingerprint density at radius 1 is 1.12 bits per heavy atom. The normalized spacial score (nSPS) is 47.6. The van der Waals surface area contributed by atoms with E-state index < -0.39 is 23.4 Å². The van der Waals surface area contributed by atoms with Gasteiger partial charge in [0.2, 0.25) is 0 Å². The molecule has 3 saturated carbocycles. The Labute approximate surface area is 154 Å². The number of carbonyl (C=O) groups excluding carboxylic acids is 2. The highest BCUT2D eigenvalue weighted by Crippen LogP contribution is 2.67. The fourth-order valence-corrected chi connectivity index (χ4v) is 7.26. The van der Waals surface area contributed by atoms with E-state index in [4.69, 9.17) is 0 Å². The summed E-state index contributed by atoms with van der Waals surface area (Å²) in [6.07, 6.45) is 7.57. The minimum atomic E-state index is -1.43. The zero-order chi connectivity index (χ0) is 18.7. The molecule has 4 aliphatic rings. The van der Waals surface area contributed by atoms with Crippen molar-refractivity contribution in [3.05, 3.63) is 11.6 Å². The van der Waals surface area contributed by atoms with Crippen molar-refractivity contribution < 1.29 is 24.9 Å². The first-order valence-corrected chi connectivity index (χ1v) is 10.0. The highest BCUT2D eigenvalue weighted by Gasteiger charge is 2.66. The van der Waals surface area contributed by atoms with Crippen molar-refractivity contribution in [2.75, 3.05) is 13.2 Å². The molecule has 0 radical (unpaired) electrons. The molecule has 5 nitrogen and oxygen atoms in total. The van der Waals surface area contributed by atoms with Crippen LogP contribution in [0.15, 0.2) is 11.6 Å². The summed E-state index contributed by atoms with van der Waals surface area (Å²) in [4.78, 5) is 24.3. The fourth-order valence-electron chi connectivity index (χ4n) is 7.26. The van der Waals surface area contributed by atoms with Crippen molar-refractivity contribution in [3.8, 4) is 0 Å². The second-order valence-electron chi connectivity index (χ2n) is 9.30. The van der Waals surface area contributed by atoms with E-state index in [1.54, 1.807) is 6.08 Å². The van der Waals surface area contributed by atoms with Gasteiger partial charge in [-0.25, -0.2) is 0 Å². The summed E-state index contributed by atoms with van der Waals surface area (Å²) < 4.78 is 0. The smallest absolute Gasteiger partial charge is 0.190 e. The van der Waals surface area contributed by atoms with Crippen molar-refractivity contribution in [2.24, 2.45) is 28.6 Å². The van der Waals surface area contributed by atoms with Gasteiger partial charge >= 0.3 is 0 Å². The van der Waals surface area contributed by atoms with E-state index in [1.165, 1.54) is 0 Å². The third-order valence-corrected chi connectivity index (χ3v) is 8.72. The van der Waals surface area contributed by atoms with Crippen LogP contribution in [0.5, 0.6) is 0 Å². The Morgan fingerprint density at radius 3 is 2.54 bits per heavy atom. The average molecular weight is 362 g/mol. The number of hydrogen-bond acceptors (Lipinski definition) is 5. The van der Waals surface area contributed by atoms with Gasteiger partial charge in [0.05, 0.1) is 6.61 Å². The molecule has 0 aromatic rings. The molecule has 144 valence electrons. The fraction of sp³-hybridized carbons (Fsp3) is 0.810. The van der Waals surface area contributed by atoms with Gasteiger partial charge in [0, 0.05) is 17.3 Å². The molecule has 0 heterocycles. The SMILES string of the molecule is C[C@]12CC[C@H]3[C@@H](CCC4=CC(=O)CC[C@@]43CO)[C@@H]1CC[C@]2(O)C(=O)CO. The van der Waals surface area contributed by atoms with Crippen LogP contribution in [0.4, 0.5) is 0 Å². The first-order chi connectivity index (χ1) is 12.3. The standard InChI is InChI=1S/C21H30O5/c1-19-7-5-17-15(16(19)6-9-21(19,26)18(25)11-22)3-2-13-10-14(24)4-8-20(13,17)12-23/h10,15-17,22-23,26H,2-9,11-12H2,1H3/t15-,16-,17-,19-,20+,21-/m0/s1. The van der Waals surface area contributed by atoms with Crippen molar-refractivity contribution >= 4 is 11.6 Å². The van der Waals surface area contributed by atoms with Crippen molar-refractivity contribution in [2.45, 2.75) is 63.9 Å². The number of Topliss-reactive ketones (excluding diaryl/α,β-unsaturated/α-hetero) is 1. The lowest BCUT2D eigenvalue weighted by Gasteiger charge is -2.59. The Bertz CT molecular complexity index is 669. The molecule has 0 aliphatic heterocycles. The van der Waals surface area contributed by atoms with Crippen molar-refractivity contribution in [3.63, 3.8) is 0 Å². The molecule has 4 rings (SSSR count). The highest BCUT2D eigenvalue weighted by atomic mass is 16.3. The van der Waals surface area contributed by atoms with Crippen LogP contribution in [0.1, 0.15) is 58.3 Å². The molecule has 0 amide bonds. The van der Waals surface area contributed by atoms with E-state index in [2.05, 4.69) is 0 Å². The van der Waals surface area contributed by atoms with Crippen LogP contribution < -0.4 is 0 Å². The summed E-state index contributed by atoms with van der Waals surface area (Å²) in [6, 6.07) is 0. The number of fused-ring (bicyclic) bond motifs is 5. The lowest BCUT2D eigenvalue weighted by Crippen LogP contribution is -2.59. The minimum Gasteiger partial charge on any atom is -0.395 e. The molecule has 0 aromatic carbocycles. The van der Waals surface area contributed by atoms with Crippen molar-refractivity contribution in [1.29, 1.82) is 0 Å². The van der Waals surface area contributed by atoms with Gasteiger partial charge in [0.15, 0.2) is 11.6 Å². The minimum absolute atomic E-state index is 0.0799. The molecule has 0 spiro atoms. The predicted molar refractivity (Wildman–Crippen MR) is 95.2 cm³/mol. The van der Waals surface area contributed by atoms with Gasteiger partial charge in [-0.15, -0.1) is 0 Å². The number of aliphatic hydroxyl groups excluding tert-OH is 2. The summed E-state index contributed by atoms with van der Waals surface area (Å²) >= 11 is 0. The van der Waals surface area contributed by atoms with Crippen LogP contribution in [-0.2, 0) is 9.59 Å². The maximum absolute atomic E-state index is 12.4. The average Bonchev–Trinajstić information content (AvgIpc) is 2.93. The monoisotopic (exact) mass is 362 g/mol. The molecule has 4 aliphatic carbocycles. The quantitative estimate of drug-likeness (QED) is 0.711. The lowest BCUT2D eigenvalue weighted by atomic mass is 9.46. The first-order valence-electron chi connectivity index (χ1n) is 10.0. The number of rotatable bonds is 3. The van der Waals surface area contributed by atoms with Gasteiger partial charge in [-0.2, -0.15) is 0 Å². The number of ketones is 2. The summed E-state index contributed by atoms with van der Waals surface area (Å²) in [7, 11) is 0. The van der Waals surface area contributed by atoms with Gasteiger partial charge in [-0.05, 0) is 68.8 Å². The van der Waals surface area contributed by atoms with E-state index in [9.17, 15) is 24.9 Å². The molecule has 0 aromatic heterocycles. The molecular weight excluding hydrogens is 332 g/mol. The Balaban J connectivity index is 1.70. The number of aliphatic hydroxyl groups is 3. The van der Waals surface area contributed by atoms with Crippen LogP contribution in [0.3, 0.4) is 0 Å². The zero-order valence-corrected chi connectivity index (χ0v) is 15.5. The molecule has 0 unspecified atom stereocenters. The predicted octanol–water partition coefficient (Wildman–Crippen LogP) is 1.78. The maximum atomic E-state index is 12.4. The third kappa shape index (κ3) is 2.14. The molecule has 26 heavy (non-hydrogen) atoms. The van der Waals surface area contributed by atoms with Crippen LogP contribution >= 0.6 is 0 Å². The Morgan fingerprint density at radius 2 is 1.85 bits per heavy atom. The maximum Gasteiger partial charge on any atom is 0.190 e. The van der Waals surface area contributed by atoms with Gasteiger partial charge in [0.25, 0.3) is 0 Å². The van der Waals surface area contributed by atoms with Gasteiger partial charge in [-0.3, -0.25) is 9.59 Å². The third-order valence-electron chi connectivity index (χ3n) is 8.72. The zero-order valence-electron chi connectivity index (χ0n) is 15.5. The largest absolute Gasteiger partial charge is 0.395 e. The van der Waals surface area contributed by atoms with Crippen LogP contribution in [0, 0.1) is 28.6 Å². The molecule has 3 fully saturated rings. The van der Waals surface area contributed by atoms with E-state index >= 15 is 0 Å².